The SMILES string of the molecule is CCc1cc(C)cc(C)c1-c1cc2ccccc2c2c1OP(N)(=O)Oc1c(-c3c(CC)cc(C)cc3CC)cc3ccccc3c1-2. The van der Waals surface area contributed by atoms with Crippen LogP contribution in [-0.4, -0.2) is 0 Å². The molecule has 2 N–H and O–H groups in total. The third-order valence-electron chi connectivity index (χ3n) is 9.38. The Morgan fingerprint density at radius 3 is 1.46 bits per heavy atom. The van der Waals surface area contributed by atoms with Crippen molar-refractivity contribution in [2.45, 2.75) is 60.8 Å². The van der Waals surface area contributed by atoms with Crippen molar-refractivity contribution in [1.29, 1.82) is 0 Å². The lowest BCUT2D eigenvalue weighted by molar-refractivity contribution is 0.394. The molecular formula is C41H40NO3P. The normalized spacial score (nSPS) is 15.6. The van der Waals surface area contributed by atoms with Gasteiger partial charge in [0.05, 0.1) is 0 Å². The number of fused-ring (bicyclic) bond motifs is 7. The molecule has 0 bridgehead atoms. The predicted molar refractivity (Wildman–Crippen MR) is 193 cm³/mol. The summed E-state index contributed by atoms with van der Waals surface area (Å²) in [7, 11) is -4.15. The van der Waals surface area contributed by atoms with E-state index in [1.165, 1.54) is 27.8 Å². The highest BCUT2D eigenvalue weighted by atomic mass is 31.2. The molecule has 6 aromatic rings. The zero-order valence-corrected chi connectivity index (χ0v) is 28.3. The van der Waals surface area contributed by atoms with Crippen LogP contribution < -0.4 is 14.6 Å². The number of benzene rings is 6. The van der Waals surface area contributed by atoms with E-state index in [2.05, 4.69) is 114 Å². The van der Waals surface area contributed by atoms with Crippen LogP contribution in [0, 0.1) is 20.8 Å². The van der Waals surface area contributed by atoms with Gasteiger partial charge in [0.25, 0.3) is 0 Å². The maximum Gasteiger partial charge on any atom is 0.510 e. The van der Waals surface area contributed by atoms with E-state index in [1.54, 1.807) is 0 Å². The van der Waals surface area contributed by atoms with E-state index in [4.69, 9.17) is 14.6 Å². The molecule has 0 radical (unpaired) electrons. The van der Waals surface area contributed by atoms with Gasteiger partial charge >= 0.3 is 7.75 Å². The van der Waals surface area contributed by atoms with Gasteiger partial charge in [0.15, 0.2) is 0 Å². The van der Waals surface area contributed by atoms with E-state index in [0.29, 0.717) is 11.5 Å². The molecular weight excluding hydrogens is 585 g/mol. The highest BCUT2D eigenvalue weighted by Gasteiger charge is 2.37. The zero-order valence-electron chi connectivity index (χ0n) is 27.5. The smallest absolute Gasteiger partial charge is 0.403 e. The molecule has 0 amide bonds. The molecule has 1 aliphatic heterocycles. The number of hydrogen-bond acceptors (Lipinski definition) is 3. The van der Waals surface area contributed by atoms with Gasteiger partial charge < -0.3 is 9.05 Å². The Morgan fingerprint density at radius 1 is 0.565 bits per heavy atom. The topological polar surface area (TPSA) is 61.5 Å². The fourth-order valence-electron chi connectivity index (χ4n) is 7.55. The zero-order chi connectivity index (χ0) is 32.3. The summed E-state index contributed by atoms with van der Waals surface area (Å²) in [5.41, 5.74) is 19.5. The van der Waals surface area contributed by atoms with Gasteiger partial charge in [0.1, 0.15) is 11.5 Å². The van der Waals surface area contributed by atoms with Gasteiger partial charge in [-0.2, -0.15) is 0 Å². The summed E-state index contributed by atoms with van der Waals surface area (Å²) in [5.74, 6) is 1.01. The third kappa shape index (κ3) is 4.92. The molecule has 0 saturated carbocycles. The van der Waals surface area contributed by atoms with Gasteiger partial charge in [-0.05, 0) is 107 Å². The van der Waals surface area contributed by atoms with Gasteiger partial charge in [0.2, 0.25) is 0 Å². The number of aryl methyl sites for hydroxylation is 6. The fraction of sp³-hybridized carbons (Fsp3) is 0.220. The number of rotatable bonds is 5. The van der Waals surface area contributed by atoms with Crippen LogP contribution in [0.4, 0.5) is 0 Å². The van der Waals surface area contributed by atoms with Crippen molar-refractivity contribution < 1.29 is 13.6 Å². The lowest BCUT2D eigenvalue weighted by Crippen LogP contribution is -2.09. The van der Waals surface area contributed by atoms with Crippen LogP contribution in [0.3, 0.4) is 0 Å². The summed E-state index contributed by atoms with van der Waals surface area (Å²) in [5, 5.41) is 4.12. The van der Waals surface area contributed by atoms with E-state index in [-0.39, 0.29) is 0 Å². The first-order valence-corrected chi connectivity index (χ1v) is 17.9. The number of hydrogen-bond donors (Lipinski definition) is 1. The molecule has 7 rings (SSSR count). The lowest BCUT2D eigenvalue weighted by Gasteiger charge is -2.22. The van der Waals surface area contributed by atoms with Gasteiger partial charge in [-0.25, -0.2) is 10.1 Å². The monoisotopic (exact) mass is 625 g/mol. The Morgan fingerprint density at radius 2 is 0.978 bits per heavy atom. The van der Waals surface area contributed by atoms with E-state index >= 15 is 0 Å². The van der Waals surface area contributed by atoms with Crippen LogP contribution in [0.25, 0.3) is 54.9 Å². The molecule has 5 heteroatoms. The van der Waals surface area contributed by atoms with Crippen LogP contribution in [0.1, 0.15) is 54.2 Å². The number of nitrogens with two attached hydrogens (primary N) is 1. The van der Waals surface area contributed by atoms with Crippen molar-refractivity contribution in [1.82, 2.24) is 0 Å². The van der Waals surface area contributed by atoms with Crippen molar-refractivity contribution in [2.75, 3.05) is 0 Å². The predicted octanol–water partition coefficient (Wildman–Crippen LogP) is 11.4. The first-order valence-electron chi connectivity index (χ1n) is 16.3. The Bertz CT molecular complexity index is 2230. The Balaban J connectivity index is 1.73. The van der Waals surface area contributed by atoms with Crippen LogP contribution in [0.15, 0.2) is 84.9 Å². The summed E-state index contributed by atoms with van der Waals surface area (Å²) < 4.78 is 27.4. The molecule has 0 saturated heterocycles. The van der Waals surface area contributed by atoms with Crippen molar-refractivity contribution in [3.8, 4) is 44.9 Å². The van der Waals surface area contributed by atoms with Crippen LogP contribution >= 0.6 is 7.75 Å². The van der Waals surface area contributed by atoms with E-state index < -0.39 is 7.75 Å². The largest absolute Gasteiger partial charge is 0.510 e. The summed E-state index contributed by atoms with van der Waals surface area (Å²) in [4.78, 5) is 0. The summed E-state index contributed by atoms with van der Waals surface area (Å²) in [6.45, 7) is 12.9. The molecule has 0 aliphatic carbocycles. The Hall–Kier alpha value is -4.37. The van der Waals surface area contributed by atoms with Gasteiger partial charge in [-0.15, -0.1) is 0 Å². The molecule has 1 atom stereocenters. The van der Waals surface area contributed by atoms with Gasteiger partial charge in [0, 0.05) is 22.3 Å². The second kappa shape index (κ2) is 11.5. The Kier molecular flexibility index (Phi) is 7.54. The maximum atomic E-state index is 14.4. The first kappa shape index (κ1) is 30.3. The molecule has 1 aliphatic rings. The third-order valence-corrected chi connectivity index (χ3v) is 10.3. The van der Waals surface area contributed by atoms with Crippen molar-refractivity contribution in [3.63, 3.8) is 0 Å². The Labute approximate surface area is 271 Å². The minimum absolute atomic E-state index is 0.502. The van der Waals surface area contributed by atoms with Crippen molar-refractivity contribution in [2.24, 2.45) is 5.50 Å². The molecule has 1 heterocycles. The van der Waals surface area contributed by atoms with Gasteiger partial charge in [-0.1, -0.05) is 105 Å². The molecule has 4 nitrogen and oxygen atoms in total. The molecule has 1 unspecified atom stereocenters. The summed E-state index contributed by atoms with van der Waals surface area (Å²) in [6.07, 6.45) is 2.53. The summed E-state index contributed by atoms with van der Waals surface area (Å²) in [6, 6.07) is 30.0. The van der Waals surface area contributed by atoms with Crippen molar-refractivity contribution >= 4 is 29.3 Å². The van der Waals surface area contributed by atoms with Crippen LogP contribution in [-0.2, 0) is 23.8 Å². The molecule has 46 heavy (non-hydrogen) atoms. The van der Waals surface area contributed by atoms with Gasteiger partial charge in [-0.3, -0.25) is 0 Å². The molecule has 0 fully saturated rings. The van der Waals surface area contributed by atoms with Crippen LogP contribution in [0.2, 0.25) is 0 Å². The van der Waals surface area contributed by atoms with Crippen molar-refractivity contribution in [3.05, 3.63) is 118 Å². The minimum Gasteiger partial charge on any atom is -0.403 e. The quantitative estimate of drug-likeness (QED) is 0.194. The maximum absolute atomic E-state index is 14.4. The highest BCUT2D eigenvalue weighted by Crippen LogP contribution is 2.61. The summed E-state index contributed by atoms with van der Waals surface area (Å²) >= 11 is 0. The van der Waals surface area contributed by atoms with E-state index in [1.807, 2.05) is 12.1 Å². The first-order chi connectivity index (χ1) is 22.1. The highest BCUT2D eigenvalue weighted by molar-refractivity contribution is 7.52. The molecule has 0 aromatic heterocycles. The fourth-order valence-corrected chi connectivity index (χ4v) is 8.48. The molecule has 0 spiro atoms. The van der Waals surface area contributed by atoms with E-state index in [9.17, 15) is 4.57 Å². The standard InChI is InChI=1S/C41H40NO3P/c1-7-27-19-24(4)18-26(6)36(27)34-22-30-14-10-12-16-32(30)38-39-33-17-13-11-15-31(33)23-35(41(39)45-46(42,43)44-40(34)38)37-28(8-2)20-25(5)21-29(37)9-3/h10-23H,7-9H2,1-6H3,(H2,42,43). The minimum atomic E-state index is -4.15. The van der Waals surface area contributed by atoms with E-state index in [0.717, 1.165) is 79.8 Å². The average Bonchev–Trinajstić information content (AvgIpc) is 3.16. The molecule has 232 valence electrons. The van der Waals surface area contributed by atoms with Crippen LogP contribution in [0.5, 0.6) is 11.5 Å². The second-order valence-corrected chi connectivity index (χ2v) is 14.0. The molecule has 6 aromatic carbocycles. The lowest BCUT2D eigenvalue weighted by atomic mass is 9.83. The average molecular weight is 626 g/mol. The second-order valence-electron chi connectivity index (χ2n) is 12.6.